The van der Waals surface area contributed by atoms with E-state index >= 15 is 0 Å². The predicted molar refractivity (Wildman–Crippen MR) is 129 cm³/mol. The molecule has 0 atom stereocenters. The first-order valence-corrected chi connectivity index (χ1v) is 10.5. The van der Waals surface area contributed by atoms with Gasteiger partial charge >= 0.3 is 0 Å². The summed E-state index contributed by atoms with van der Waals surface area (Å²) in [4.78, 5) is 0. The van der Waals surface area contributed by atoms with Crippen LogP contribution in [0.15, 0.2) is 97.1 Å². The van der Waals surface area contributed by atoms with Gasteiger partial charge in [0.05, 0.1) is 0 Å². The zero-order chi connectivity index (χ0) is 20.3. The fourth-order valence-corrected chi connectivity index (χ4v) is 5.11. The molecule has 0 spiro atoms. The van der Waals surface area contributed by atoms with Crippen LogP contribution in [0.2, 0.25) is 0 Å². The molecule has 30 heavy (non-hydrogen) atoms. The van der Waals surface area contributed by atoms with Crippen LogP contribution in [0.5, 0.6) is 0 Å². The second-order valence-corrected chi connectivity index (χ2v) is 8.75. The van der Waals surface area contributed by atoms with Crippen LogP contribution in [-0.4, -0.2) is 0 Å². The first-order valence-electron chi connectivity index (χ1n) is 10.5. The van der Waals surface area contributed by atoms with E-state index in [4.69, 9.17) is 0 Å². The molecule has 0 aromatic heterocycles. The molecule has 1 nitrogen and oxygen atoms in total. The van der Waals surface area contributed by atoms with E-state index in [2.05, 4.69) is 116 Å². The summed E-state index contributed by atoms with van der Waals surface area (Å²) in [6.07, 6.45) is 0. The Morgan fingerprint density at radius 2 is 1.23 bits per heavy atom. The van der Waals surface area contributed by atoms with Crippen molar-refractivity contribution >= 4 is 32.9 Å². The fourth-order valence-electron chi connectivity index (χ4n) is 5.11. The standard InChI is InChI=1S/C29H23N/c1-29(2)26-14-8-7-12-23(26)25-18-20(15-16-27(25)29)30-28-17-19-9-3-4-10-21(19)22-11-5-6-13-24(22)28/h3-18,30H,1-2H3. The molecule has 0 heterocycles. The van der Waals surface area contributed by atoms with Crippen LogP contribution in [0.3, 0.4) is 0 Å². The van der Waals surface area contributed by atoms with Gasteiger partial charge in [-0.1, -0.05) is 92.7 Å². The lowest BCUT2D eigenvalue weighted by Crippen LogP contribution is -2.14. The normalized spacial score (nSPS) is 13.9. The van der Waals surface area contributed by atoms with Gasteiger partial charge in [0, 0.05) is 22.2 Å². The molecule has 0 radical (unpaired) electrons. The van der Waals surface area contributed by atoms with Crippen LogP contribution in [0.25, 0.3) is 32.7 Å². The minimum absolute atomic E-state index is 0.0418. The van der Waals surface area contributed by atoms with E-state index in [0.29, 0.717) is 0 Å². The van der Waals surface area contributed by atoms with Gasteiger partial charge in [0.15, 0.2) is 0 Å². The van der Waals surface area contributed by atoms with Gasteiger partial charge in [0.2, 0.25) is 0 Å². The quantitative estimate of drug-likeness (QED) is 0.303. The zero-order valence-electron chi connectivity index (χ0n) is 17.2. The third kappa shape index (κ3) is 2.42. The monoisotopic (exact) mass is 385 g/mol. The van der Waals surface area contributed by atoms with E-state index in [1.807, 2.05) is 0 Å². The van der Waals surface area contributed by atoms with Crippen molar-refractivity contribution in [1.82, 2.24) is 0 Å². The Labute approximate surface area is 177 Å². The summed E-state index contributed by atoms with van der Waals surface area (Å²) >= 11 is 0. The van der Waals surface area contributed by atoms with Crippen molar-refractivity contribution in [3.8, 4) is 11.1 Å². The molecule has 0 fully saturated rings. The summed E-state index contributed by atoms with van der Waals surface area (Å²) in [6, 6.07) is 35.1. The molecule has 5 aromatic rings. The van der Waals surface area contributed by atoms with Crippen molar-refractivity contribution in [2.75, 3.05) is 5.32 Å². The number of rotatable bonds is 2. The van der Waals surface area contributed by atoms with E-state index in [1.54, 1.807) is 0 Å². The first kappa shape index (κ1) is 17.3. The molecule has 0 saturated heterocycles. The molecule has 1 aliphatic rings. The molecule has 1 heteroatoms. The van der Waals surface area contributed by atoms with Crippen LogP contribution in [0.4, 0.5) is 11.4 Å². The van der Waals surface area contributed by atoms with E-state index < -0.39 is 0 Å². The van der Waals surface area contributed by atoms with Gasteiger partial charge in [0.25, 0.3) is 0 Å². The Bertz CT molecular complexity index is 1440. The summed E-state index contributed by atoms with van der Waals surface area (Å²) in [5.74, 6) is 0. The van der Waals surface area contributed by atoms with E-state index in [1.165, 1.54) is 43.8 Å². The van der Waals surface area contributed by atoms with Crippen molar-refractivity contribution in [3.05, 3.63) is 108 Å². The summed E-state index contributed by atoms with van der Waals surface area (Å²) in [5, 5.41) is 8.81. The van der Waals surface area contributed by atoms with E-state index in [-0.39, 0.29) is 5.41 Å². The highest BCUT2D eigenvalue weighted by atomic mass is 14.9. The summed E-state index contributed by atoms with van der Waals surface area (Å²) in [6.45, 7) is 4.64. The molecule has 0 bridgehead atoms. The molecular weight excluding hydrogens is 362 g/mol. The smallest absolute Gasteiger partial charge is 0.0470 e. The van der Waals surface area contributed by atoms with Crippen molar-refractivity contribution in [3.63, 3.8) is 0 Å². The largest absolute Gasteiger partial charge is 0.355 e. The molecule has 0 unspecified atom stereocenters. The number of hydrogen-bond acceptors (Lipinski definition) is 1. The van der Waals surface area contributed by atoms with Gasteiger partial charge < -0.3 is 5.32 Å². The Kier molecular flexibility index (Phi) is 3.58. The maximum atomic E-state index is 3.73. The van der Waals surface area contributed by atoms with E-state index in [9.17, 15) is 0 Å². The highest BCUT2D eigenvalue weighted by Gasteiger charge is 2.34. The van der Waals surface area contributed by atoms with Gasteiger partial charge in [-0.05, 0) is 56.6 Å². The SMILES string of the molecule is CC1(C)c2ccccc2-c2cc(Nc3cc4ccccc4c4ccccc34)ccc21. The lowest BCUT2D eigenvalue weighted by Gasteiger charge is -2.21. The average molecular weight is 386 g/mol. The summed E-state index contributed by atoms with van der Waals surface area (Å²) in [5.41, 5.74) is 7.82. The molecule has 0 amide bonds. The number of hydrogen-bond donors (Lipinski definition) is 1. The zero-order valence-corrected chi connectivity index (χ0v) is 17.2. The lowest BCUT2D eigenvalue weighted by molar-refractivity contribution is 0.660. The molecule has 1 N–H and O–H groups in total. The predicted octanol–water partition coefficient (Wildman–Crippen LogP) is 8.04. The van der Waals surface area contributed by atoms with Crippen LogP contribution in [0.1, 0.15) is 25.0 Å². The minimum atomic E-state index is 0.0418. The van der Waals surface area contributed by atoms with Crippen molar-refractivity contribution in [2.24, 2.45) is 0 Å². The number of fused-ring (bicyclic) bond motifs is 6. The second kappa shape index (κ2) is 6.21. The van der Waals surface area contributed by atoms with Crippen LogP contribution in [0, 0.1) is 0 Å². The molecular formula is C29H23N. The Hall–Kier alpha value is -3.58. The van der Waals surface area contributed by atoms with Crippen molar-refractivity contribution < 1.29 is 0 Å². The maximum absolute atomic E-state index is 3.73. The summed E-state index contributed by atoms with van der Waals surface area (Å²) in [7, 11) is 0. The number of benzene rings is 5. The topological polar surface area (TPSA) is 12.0 Å². The third-order valence-corrected chi connectivity index (χ3v) is 6.63. The average Bonchev–Trinajstić information content (AvgIpc) is 3.01. The van der Waals surface area contributed by atoms with E-state index in [0.717, 1.165) is 11.4 Å². The van der Waals surface area contributed by atoms with Gasteiger partial charge in [-0.2, -0.15) is 0 Å². The van der Waals surface area contributed by atoms with Crippen molar-refractivity contribution in [1.29, 1.82) is 0 Å². The van der Waals surface area contributed by atoms with Gasteiger partial charge in [-0.25, -0.2) is 0 Å². The van der Waals surface area contributed by atoms with Gasteiger partial charge in [0.1, 0.15) is 0 Å². The summed E-state index contributed by atoms with van der Waals surface area (Å²) < 4.78 is 0. The first-order chi connectivity index (χ1) is 14.6. The van der Waals surface area contributed by atoms with Crippen LogP contribution >= 0.6 is 0 Å². The fraction of sp³-hybridized carbons (Fsp3) is 0.103. The Morgan fingerprint density at radius 1 is 0.567 bits per heavy atom. The highest BCUT2D eigenvalue weighted by molar-refractivity contribution is 6.13. The highest BCUT2D eigenvalue weighted by Crippen LogP contribution is 2.49. The molecule has 5 aromatic carbocycles. The second-order valence-electron chi connectivity index (χ2n) is 8.75. The lowest BCUT2D eigenvalue weighted by atomic mass is 9.82. The van der Waals surface area contributed by atoms with Crippen LogP contribution < -0.4 is 5.32 Å². The minimum Gasteiger partial charge on any atom is -0.355 e. The number of nitrogens with one attached hydrogen (secondary N) is 1. The molecule has 0 saturated carbocycles. The molecule has 144 valence electrons. The van der Waals surface area contributed by atoms with Gasteiger partial charge in [-0.15, -0.1) is 0 Å². The molecule has 6 rings (SSSR count). The molecule has 0 aliphatic heterocycles. The Balaban J connectivity index is 1.51. The van der Waals surface area contributed by atoms with Crippen molar-refractivity contribution in [2.45, 2.75) is 19.3 Å². The van der Waals surface area contributed by atoms with Crippen LogP contribution in [-0.2, 0) is 5.41 Å². The molecule has 1 aliphatic carbocycles. The number of anilines is 2. The Morgan fingerprint density at radius 3 is 2.10 bits per heavy atom. The maximum Gasteiger partial charge on any atom is 0.0470 e. The van der Waals surface area contributed by atoms with Gasteiger partial charge in [-0.3, -0.25) is 0 Å². The third-order valence-electron chi connectivity index (χ3n) is 6.63.